The summed E-state index contributed by atoms with van der Waals surface area (Å²) in [6.07, 6.45) is 0. The molecule has 12 rings (SSSR count). The fourth-order valence-electron chi connectivity index (χ4n) is 9.41. The average Bonchev–Trinajstić information content (AvgIpc) is 3.90. The van der Waals surface area contributed by atoms with Gasteiger partial charge in [-0.3, -0.25) is 0 Å². The van der Waals surface area contributed by atoms with Crippen molar-refractivity contribution in [2.75, 3.05) is 0 Å². The Kier molecular flexibility index (Phi) is 7.31. The van der Waals surface area contributed by atoms with Crippen molar-refractivity contribution in [2.45, 2.75) is 13.1 Å². The molecule has 4 heterocycles. The molecule has 1 aliphatic heterocycles. The second-order valence-corrected chi connectivity index (χ2v) is 20.3. The molecule has 0 fully saturated rings. The van der Waals surface area contributed by atoms with Gasteiger partial charge >= 0.3 is 0 Å². The van der Waals surface area contributed by atoms with E-state index in [2.05, 4.69) is 175 Å². The molecule has 0 radical (unpaired) electrons. The molecule has 11 aromatic rings. The van der Waals surface area contributed by atoms with Gasteiger partial charge in [-0.25, -0.2) is 15.0 Å². The second-order valence-electron chi connectivity index (χ2n) is 16.0. The van der Waals surface area contributed by atoms with Crippen LogP contribution in [0.2, 0.25) is 13.1 Å². The quantitative estimate of drug-likeness (QED) is 0.164. The number of rotatable bonds is 5. The lowest BCUT2D eigenvalue weighted by atomic mass is 10.0. The molecule has 3 aromatic heterocycles. The highest BCUT2D eigenvalue weighted by Gasteiger charge is 2.37. The molecule has 0 aliphatic carbocycles. The lowest BCUT2D eigenvalue weighted by molar-refractivity contribution is 0.670. The molecule has 0 saturated heterocycles. The van der Waals surface area contributed by atoms with E-state index in [9.17, 15) is 0 Å². The van der Waals surface area contributed by atoms with Crippen molar-refractivity contribution < 1.29 is 4.42 Å². The first-order chi connectivity index (χ1) is 29.0. The molecule has 6 heteroatoms. The zero-order valence-electron chi connectivity index (χ0n) is 32.5. The van der Waals surface area contributed by atoms with Crippen LogP contribution in [0.1, 0.15) is 0 Å². The van der Waals surface area contributed by atoms with Crippen LogP contribution in [0.25, 0.3) is 106 Å². The van der Waals surface area contributed by atoms with Crippen LogP contribution in [0.4, 0.5) is 0 Å². The summed E-state index contributed by atoms with van der Waals surface area (Å²) >= 11 is 0. The van der Waals surface area contributed by atoms with Crippen molar-refractivity contribution in [2.24, 2.45) is 0 Å². The molecular formula is C53H36N4OSi. The summed E-state index contributed by atoms with van der Waals surface area (Å²) in [6, 6.07) is 64.4. The molecule has 278 valence electrons. The predicted molar refractivity (Wildman–Crippen MR) is 245 cm³/mol. The molecular weight excluding hydrogens is 737 g/mol. The third kappa shape index (κ3) is 5.13. The minimum absolute atomic E-state index is 0.619. The van der Waals surface area contributed by atoms with Crippen molar-refractivity contribution >= 4 is 62.2 Å². The van der Waals surface area contributed by atoms with Crippen LogP contribution < -0.4 is 10.4 Å². The molecule has 0 amide bonds. The molecule has 0 bridgehead atoms. The van der Waals surface area contributed by atoms with Crippen molar-refractivity contribution in [3.63, 3.8) is 0 Å². The Hall–Kier alpha value is -7.41. The highest BCUT2D eigenvalue weighted by Crippen LogP contribution is 2.42. The Bertz CT molecular complexity index is 3480. The van der Waals surface area contributed by atoms with Gasteiger partial charge in [0.25, 0.3) is 0 Å². The first-order valence-electron chi connectivity index (χ1n) is 20.1. The van der Waals surface area contributed by atoms with Crippen LogP contribution in [0.3, 0.4) is 0 Å². The lowest BCUT2D eigenvalue weighted by Gasteiger charge is -2.19. The number of hydrogen-bond acceptors (Lipinski definition) is 4. The molecule has 8 aromatic carbocycles. The number of para-hydroxylation sites is 3. The van der Waals surface area contributed by atoms with E-state index in [-0.39, 0.29) is 0 Å². The first-order valence-corrected chi connectivity index (χ1v) is 23.1. The minimum Gasteiger partial charge on any atom is -0.455 e. The Morgan fingerprint density at radius 2 is 1.03 bits per heavy atom. The molecule has 1 aliphatic rings. The van der Waals surface area contributed by atoms with Gasteiger partial charge in [0, 0.05) is 49.9 Å². The molecule has 0 atom stereocenters. The van der Waals surface area contributed by atoms with Gasteiger partial charge in [-0.15, -0.1) is 0 Å². The topological polar surface area (TPSA) is 56.7 Å². The summed E-state index contributed by atoms with van der Waals surface area (Å²) in [5.41, 5.74) is 12.6. The number of hydrogen-bond donors (Lipinski definition) is 0. The molecule has 59 heavy (non-hydrogen) atoms. The maximum absolute atomic E-state index is 6.80. The van der Waals surface area contributed by atoms with Crippen LogP contribution in [0.15, 0.2) is 186 Å². The van der Waals surface area contributed by atoms with Gasteiger partial charge in [0.2, 0.25) is 0 Å². The summed E-state index contributed by atoms with van der Waals surface area (Å²) in [5, 5.41) is 7.42. The van der Waals surface area contributed by atoms with Gasteiger partial charge in [-0.1, -0.05) is 165 Å². The van der Waals surface area contributed by atoms with Crippen LogP contribution in [-0.2, 0) is 0 Å². The number of nitrogens with zero attached hydrogens (tertiary/aromatic N) is 4. The number of furan rings is 1. The predicted octanol–water partition coefficient (Wildman–Crippen LogP) is 12.3. The number of fused-ring (bicyclic) bond motifs is 9. The third-order valence-corrected chi connectivity index (χ3v) is 15.8. The molecule has 5 nitrogen and oxygen atoms in total. The molecule has 0 unspecified atom stereocenters. The van der Waals surface area contributed by atoms with E-state index in [1.807, 2.05) is 24.3 Å². The van der Waals surface area contributed by atoms with E-state index >= 15 is 0 Å². The fourth-order valence-corrected chi connectivity index (χ4v) is 12.5. The normalized spacial score (nSPS) is 13.1. The lowest BCUT2D eigenvalue weighted by Crippen LogP contribution is -2.49. The van der Waals surface area contributed by atoms with E-state index in [0.29, 0.717) is 17.5 Å². The Morgan fingerprint density at radius 3 is 1.86 bits per heavy atom. The summed E-state index contributed by atoms with van der Waals surface area (Å²) in [7, 11) is -1.93. The monoisotopic (exact) mass is 772 g/mol. The largest absolute Gasteiger partial charge is 0.455 e. The van der Waals surface area contributed by atoms with Crippen molar-refractivity contribution in [1.29, 1.82) is 0 Å². The zero-order chi connectivity index (χ0) is 39.2. The van der Waals surface area contributed by atoms with Crippen LogP contribution in [0.5, 0.6) is 0 Å². The fraction of sp³-hybridized carbons (Fsp3) is 0.0377. The zero-order valence-corrected chi connectivity index (χ0v) is 33.5. The molecule has 0 saturated carbocycles. The summed E-state index contributed by atoms with van der Waals surface area (Å²) < 4.78 is 9.15. The van der Waals surface area contributed by atoms with Crippen molar-refractivity contribution in [1.82, 2.24) is 19.5 Å². The SMILES string of the molecule is C[Si]1(C)c2ccccc2-c2ccc(-c3nc(-c4ccccc4)nc(-c4ccccc4-n4c5ccccc5c5cc6c(cc54)oc4c(-c5ccccc5)cccc46)n3)cc21. The number of benzene rings is 8. The molecule has 0 N–H and O–H groups in total. The van der Waals surface area contributed by atoms with Crippen LogP contribution in [-0.4, -0.2) is 27.6 Å². The Labute approximate surface area is 341 Å². The standard InChI is InChI=1S/C53H36N4OSi/c1-59(2)48-27-14-11-21-38(48)39-29-28-35(30-49(39)59)52-54-51(34-18-7-4-8-19-34)55-53(56-52)41-22-10-13-26-45(41)57-44-25-12-9-20-37(44)42-31-43-40-24-15-23-36(33-16-5-3-6-17-33)50(40)58-47(43)32-46(42)57/h3-32H,1-2H3. The van der Waals surface area contributed by atoms with Crippen LogP contribution in [0, 0.1) is 0 Å². The Morgan fingerprint density at radius 1 is 0.407 bits per heavy atom. The van der Waals surface area contributed by atoms with E-state index in [4.69, 9.17) is 19.4 Å². The second kappa shape index (κ2) is 12.8. The third-order valence-electron chi connectivity index (χ3n) is 12.3. The maximum Gasteiger partial charge on any atom is 0.166 e. The van der Waals surface area contributed by atoms with E-state index in [1.54, 1.807) is 0 Å². The maximum atomic E-state index is 6.80. The van der Waals surface area contributed by atoms with E-state index in [0.717, 1.165) is 71.9 Å². The van der Waals surface area contributed by atoms with Crippen molar-refractivity contribution in [3.05, 3.63) is 182 Å². The minimum atomic E-state index is -1.93. The van der Waals surface area contributed by atoms with Gasteiger partial charge in [-0.05, 0) is 51.3 Å². The van der Waals surface area contributed by atoms with Gasteiger partial charge in [0.05, 0.1) is 16.7 Å². The number of aromatic nitrogens is 4. The highest BCUT2D eigenvalue weighted by atomic mass is 28.3. The smallest absolute Gasteiger partial charge is 0.166 e. The van der Waals surface area contributed by atoms with Gasteiger partial charge in [0.1, 0.15) is 19.2 Å². The Balaban J connectivity index is 1.08. The highest BCUT2D eigenvalue weighted by molar-refractivity contribution is 7.03. The van der Waals surface area contributed by atoms with Gasteiger partial charge < -0.3 is 8.98 Å². The molecule has 0 spiro atoms. The summed E-state index contributed by atoms with van der Waals surface area (Å²) in [5.74, 6) is 1.92. The van der Waals surface area contributed by atoms with E-state index < -0.39 is 8.07 Å². The first kappa shape index (κ1) is 33.7. The van der Waals surface area contributed by atoms with Gasteiger partial charge in [-0.2, -0.15) is 0 Å². The summed E-state index contributed by atoms with van der Waals surface area (Å²) in [4.78, 5) is 15.7. The van der Waals surface area contributed by atoms with Crippen molar-refractivity contribution in [3.8, 4) is 62.1 Å². The van der Waals surface area contributed by atoms with Crippen LogP contribution >= 0.6 is 0 Å². The average molecular weight is 773 g/mol. The van der Waals surface area contributed by atoms with E-state index in [1.165, 1.54) is 26.9 Å². The summed E-state index contributed by atoms with van der Waals surface area (Å²) in [6.45, 7) is 4.89. The van der Waals surface area contributed by atoms with Gasteiger partial charge in [0.15, 0.2) is 17.5 Å².